The highest BCUT2D eigenvalue weighted by atomic mass is 19.4. The SMILES string of the molecule is O=C(NCC(O)C(F)(F)F)[C@@H]1Cc2ccccc2CN1. The molecule has 110 valence electrons. The second-order valence-electron chi connectivity index (χ2n) is 4.71. The van der Waals surface area contributed by atoms with E-state index in [9.17, 15) is 18.0 Å². The van der Waals surface area contributed by atoms with Crippen LogP contribution in [0.3, 0.4) is 0 Å². The summed E-state index contributed by atoms with van der Waals surface area (Å²) in [5.41, 5.74) is 2.08. The molecule has 0 aromatic heterocycles. The van der Waals surface area contributed by atoms with Gasteiger partial charge in [-0.2, -0.15) is 13.2 Å². The van der Waals surface area contributed by atoms with E-state index < -0.39 is 30.8 Å². The van der Waals surface area contributed by atoms with Crippen LogP contribution in [0.1, 0.15) is 11.1 Å². The third-order valence-corrected chi connectivity index (χ3v) is 3.25. The van der Waals surface area contributed by atoms with E-state index in [0.29, 0.717) is 13.0 Å². The minimum absolute atomic E-state index is 0.421. The number of hydrogen-bond donors (Lipinski definition) is 3. The van der Waals surface area contributed by atoms with Crippen molar-refractivity contribution in [3.8, 4) is 0 Å². The molecule has 2 rings (SSSR count). The molecule has 1 aromatic rings. The molecule has 1 heterocycles. The lowest BCUT2D eigenvalue weighted by Crippen LogP contribution is -2.50. The Morgan fingerprint density at radius 2 is 2.05 bits per heavy atom. The number of fused-ring (bicyclic) bond motifs is 1. The van der Waals surface area contributed by atoms with Gasteiger partial charge in [-0.15, -0.1) is 0 Å². The van der Waals surface area contributed by atoms with Crippen LogP contribution < -0.4 is 10.6 Å². The fourth-order valence-electron chi connectivity index (χ4n) is 2.08. The van der Waals surface area contributed by atoms with Gasteiger partial charge in [0.25, 0.3) is 0 Å². The van der Waals surface area contributed by atoms with Crippen LogP contribution in [0.15, 0.2) is 24.3 Å². The summed E-state index contributed by atoms with van der Waals surface area (Å²) in [6.45, 7) is -0.335. The molecule has 0 spiro atoms. The summed E-state index contributed by atoms with van der Waals surface area (Å²) in [6, 6.07) is 6.99. The molecule has 0 saturated carbocycles. The number of hydrogen-bond acceptors (Lipinski definition) is 3. The molecule has 2 atom stereocenters. The smallest absolute Gasteiger partial charge is 0.382 e. The minimum atomic E-state index is -4.72. The number of alkyl halides is 3. The highest BCUT2D eigenvalue weighted by Crippen LogP contribution is 2.19. The summed E-state index contributed by atoms with van der Waals surface area (Å²) < 4.78 is 36.4. The third-order valence-electron chi connectivity index (χ3n) is 3.25. The molecule has 0 aliphatic carbocycles. The molecule has 0 fully saturated rings. The van der Waals surface area contributed by atoms with Crippen LogP contribution in [0.4, 0.5) is 13.2 Å². The van der Waals surface area contributed by atoms with Gasteiger partial charge in [0.05, 0.1) is 12.6 Å². The van der Waals surface area contributed by atoms with E-state index in [4.69, 9.17) is 5.11 Å². The Bertz CT molecular complexity index is 491. The predicted octanol–water partition coefficient (Wildman–Crippen LogP) is 0.740. The van der Waals surface area contributed by atoms with E-state index in [1.807, 2.05) is 24.3 Å². The van der Waals surface area contributed by atoms with E-state index in [1.165, 1.54) is 0 Å². The van der Waals surface area contributed by atoms with Gasteiger partial charge in [0, 0.05) is 6.54 Å². The average molecular weight is 288 g/mol. The van der Waals surface area contributed by atoms with Crippen molar-refractivity contribution in [2.45, 2.75) is 31.3 Å². The van der Waals surface area contributed by atoms with Crippen molar-refractivity contribution in [2.24, 2.45) is 0 Å². The molecule has 1 aromatic carbocycles. The van der Waals surface area contributed by atoms with Crippen LogP contribution in [-0.2, 0) is 17.8 Å². The molecule has 7 heteroatoms. The van der Waals surface area contributed by atoms with Crippen molar-refractivity contribution in [3.63, 3.8) is 0 Å². The molecule has 20 heavy (non-hydrogen) atoms. The summed E-state index contributed by atoms with van der Waals surface area (Å²) in [4.78, 5) is 11.8. The summed E-state index contributed by atoms with van der Waals surface area (Å²) >= 11 is 0. The van der Waals surface area contributed by atoms with Crippen molar-refractivity contribution in [1.82, 2.24) is 10.6 Å². The lowest BCUT2D eigenvalue weighted by Gasteiger charge is -2.26. The Morgan fingerprint density at radius 1 is 1.40 bits per heavy atom. The van der Waals surface area contributed by atoms with Gasteiger partial charge in [-0.1, -0.05) is 24.3 Å². The average Bonchev–Trinajstić information content (AvgIpc) is 2.42. The second kappa shape index (κ2) is 5.80. The molecular formula is C13H15F3N2O2. The molecule has 1 aliphatic rings. The van der Waals surface area contributed by atoms with Gasteiger partial charge in [0.15, 0.2) is 6.10 Å². The predicted molar refractivity (Wildman–Crippen MR) is 65.8 cm³/mol. The maximum Gasteiger partial charge on any atom is 0.416 e. The summed E-state index contributed by atoms with van der Waals surface area (Å²) in [5.74, 6) is -0.539. The molecule has 1 aliphatic heterocycles. The van der Waals surface area contributed by atoms with Crippen molar-refractivity contribution in [1.29, 1.82) is 0 Å². The van der Waals surface area contributed by atoms with E-state index in [0.717, 1.165) is 11.1 Å². The van der Waals surface area contributed by atoms with Crippen LogP contribution in [0, 0.1) is 0 Å². The number of rotatable bonds is 3. The first-order valence-corrected chi connectivity index (χ1v) is 6.20. The van der Waals surface area contributed by atoms with Crippen molar-refractivity contribution in [3.05, 3.63) is 35.4 Å². The van der Waals surface area contributed by atoms with Crippen LogP contribution in [0.5, 0.6) is 0 Å². The van der Waals surface area contributed by atoms with Crippen molar-refractivity contribution >= 4 is 5.91 Å². The number of carbonyl (C=O) groups is 1. The molecule has 3 N–H and O–H groups in total. The van der Waals surface area contributed by atoms with Crippen LogP contribution in [-0.4, -0.2) is 35.9 Å². The molecule has 0 saturated heterocycles. The van der Waals surface area contributed by atoms with E-state index in [1.54, 1.807) is 0 Å². The van der Waals surface area contributed by atoms with Crippen LogP contribution in [0.2, 0.25) is 0 Å². The minimum Gasteiger partial charge on any atom is -0.382 e. The van der Waals surface area contributed by atoms with Crippen molar-refractivity contribution < 1.29 is 23.1 Å². The zero-order valence-electron chi connectivity index (χ0n) is 10.6. The van der Waals surface area contributed by atoms with Crippen molar-refractivity contribution in [2.75, 3.05) is 6.54 Å². The highest BCUT2D eigenvalue weighted by Gasteiger charge is 2.38. The zero-order valence-corrected chi connectivity index (χ0v) is 10.6. The largest absolute Gasteiger partial charge is 0.416 e. The standard InChI is InChI=1S/C13H15F3N2O2/c14-13(15,16)11(19)7-18-12(20)10-5-8-3-1-2-4-9(8)6-17-10/h1-4,10-11,17,19H,5-7H2,(H,18,20)/t10-,11?/m0/s1. The number of halogens is 3. The Kier molecular flexibility index (Phi) is 4.29. The van der Waals surface area contributed by atoms with Gasteiger partial charge in [-0.3, -0.25) is 4.79 Å². The molecule has 0 bridgehead atoms. The molecule has 4 nitrogen and oxygen atoms in total. The Morgan fingerprint density at radius 3 is 2.70 bits per heavy atom. The van der Waals surface area contributed by atoms with E-state index >= 15 is 0 Å². The first-order valence-electron chi connectivity index (χ1n) is 6.20. The first-order chi connectivity index (χ1) is 9.38. The van der Waals surface area contributed by atoms with E-state index in [-0.39, 0.29) is 0 Å². The lowest BCUT2D eigenvalue weighted by atomic mass is 9.95. The Hall–Kier alpha value is -1.60. The maximum absolute atomic E-state index is 12.1. The fraction of sp³-hybridized carbons (Fsp3) is 0.462. The van der Waals surface area contributed by atoms with E-state index in [2.05, 4.69) is 10.6 Å². The topological polar surface area (TPSA) is 61.4 Å². The molecule has 0 radical (unpaired) electrons. The Labute approximate surface area is 114 Å². The first kappa shape index (κ1) is 14.8. The molecular weight excluding hydrogens is 273 g/mol. The maximum atomic E-state index is 12.1. The van der Waals surface area contributed by atoms with Gasteiger partial charge in [-0.05, 0) is 17.5 Å². The fourth-order valence-corrected chi connectivity index (χ4v) is 2.08. The number of nitrogens with one attached hydrogen (secondary N) is 2. The van der Waals surface area contributed by atoms with Crippen LogP contribution >= 0.6 is 0 Å². The summed E-state index contributed by atoms with van der Waals surface area (Å²) in [7, 11) is 0. The summed E-state index contributed by atoms with van der Waals surface area (Å²) in [6.07, 6.45) is -6.84. The normalized spacial score (nSPS) is 20.1. The lowest BCUT2D eigenvalue weighted by molar-refractivity contribution is -0.201. The molecule has 1 amide bonds. The Balaban J connectivity index is 1.89. The monoisotopic (exact) mass is 288 g/mol. The quantitative estimate of drug-likeness (QED) is 0.769. The van der Waals surface area contributed by atoms with Gasteiger partial charge >= 0.3 is 6.18 Å². The molecule has 1 unspecified atom stereocenters. The van der Waals surface area contributed by atoms with Crippen LogP contribution in [0.25, 0.3) is 0 Å². The van der Waals surface area contributed by atoms with Gasteiger partial charge in [0.1, 0.15) is 0 Å². The highest BCUT2D eigenvalue weighted by molar-refractivity contribution is 5.82. The summed E-state index contributed by atoms with van der Waals surface area (Å²) in [5, 5.41) is 13.9. The zero-order chi connectivity index (χ0) is 14.8. The number of carbonyl (C=O) groups excluding carboxylic acids is 1. The second-order valence-corrected chi connectivity index (χ2v) is 4.71. The number of amides is 1. The van der Waals surface area contributed by atoms with Gasteiger partial charge in [0.2, 0.25) is 5.91 Å². The number of benzene rings is 1. The third kappa shape index (κ3) is 3.49. The van der Waals surface area contributed by atoms with Gasteiger partial charge < -0.3 is 15.7 Å². The van der Waals surface area contributed by atoms with Gasteiger partial charge in [-0.25, -0.2) is 0 Å². The number of aliphatic hydroxyl groups excluding tert-OH is 1. The number of aliphatic hydroxyl groups is 1.